The number of benzene rings is 1. The molecule has 2 aliphatic rings. The van der Waals surface area contributed by atoms with Crippen molar-refractivity contribution in [2.45, 2.75) is 18.0 Å². The molecule has 0 radical (unpaired) electrons. The number of nitriles is 1. The Bertz CT molecular complexity index is 1350. The lowest BCUT2D eigenvalue weighted by molar-refractivity contribution is -0.148. The van der Waals surface area contributed by atoms with E-state index in [0.717, 1.165) is 5.56 Å². The van der Waals surface area contributed by atoms with E-state index in [9.17, 15) is 19.6 Å². The highest BCUT2D eigenvalue weighted by atomic mass is 32.1. The monoisotopic (exact) mass is 543 g/mol. The molecule has 2 aromatic heterocycles. The molecule has 39 heavy (non-hydrogen) atoms. The van der Waals surface area contributed by atoms with Gasteiger partial charge >= 0.3 is 0 Å². The molecule has 2 saturated heterocycles. The topological polar surface area (TPSA) is 116 Å². The number of hydrogen-bond donors (Lipinski definition) is 1. The largest absolute Gasteiger partial charge is 0.375 e. The smallest absolute Gasteiger partial charge is 0.249 e. The van der Waals surface area contributed by atoms with Gasteiger partial charge in [-0.2, -0.15) is 5.26 Å². The summed E-state index contributed by atoms with van der Waals surface area (Å²) in [7, 11) is 1.44. The summed E-state index contributed by atoms with van der Waals surface area (Å²) in [6.45, 7) is 2.07. The fourth-order valence-electron chi connectivity index (χ4n) is 5.74. The van der Waals surface area contributed by atoms with E-state index in [-0.39, 0.29) is 24.2 Å². The van der Waals surface area contributed by atoms with Crippen LogP contribution in [-0.2, 0) is 14.3 Å². The van der Waals surface area contributed by atoms with Crippen LogP contribution >= 0.6 is 11.3 Å². The molecular formula is C29H29N5O4S. The minimum atomic E-state index is -0.946. The van der Waals surface area contributed by atoms with Crippen LogP contribution in [0.2, 0.25) is 0 Å². The van der Waals surface area contributed by atoms with Crippen molar-refractivity contribution in [2.75, 3.05) is 39.9 Å². The van der Waals surface area contributed by atoms with Gasteiger partial charge in [0.05, 0.1) is 28.5 Å². The first-order chi connectivity index (χ1) is 19.0. The molecule has 0 bridgehead atoms. The number of nitrogens with zero attached hydrogens (tertiary/aromatic N) is 4. The molecule has 2 aliphatic heterocycles. The van der Waals surface area contributed by atoms with E-state index >= 15 is 0 Å². The van der Waals surface area contributed by atoms with E-state index in [1.807, 2.05) is 17.5 Å². The Morgan fingerprint density at radius 1 is 1.10 bits per heavy atom. The zero-order valence-corrected chi connectivity index (χ0v) is 22.3. The molecule has 0 aliphatic carbocycles. The fourth-order valence-corrected chi connectivity index (χ4v) is 6.46. The average Bonchev–Trinajstić information content (AvgIpc) is 3.65. The van der Waals surface area contributed by atoms with Crippen molar-refractivity contribution in [1.29, 1.82) is 5.26 Å². The maximum atomic E-state index is 14.3. The lowest BCUT2D eigenvalue weighted by atomic mass is 9.77. The number of hydrogen-bond acceptors (Lipinski definition) is 8. The lowest BCUT2D eigenvalue weighted by Crippen LogP contribution is -2.55. The Morgan fingerprint density at radius 3 is 2.49 bits per heavy atom. The third-order valence-electron chi connectivity index (χ3n) is 7.42. The molecule has 1 aromatic carbocycles. The fraction of sp³-hybridized carbons (Fsp3) is 0.345. The van der Waals surface area contributed by atoms with Gasteiger partial charge in [0.1, 0.15) is 12.6 Å². The van der Waals surface area contributed by atoms with Gasteiger partial charge in [0.2, 0.25) is 11.8 Å². The van der Waals surface area contributed by atoms with Crippen molar-refractivity contribution >= 4 is 28.9 Å². The lowest BCUT2D eigenvalue weighted by Gasteiger charge is -2.36. The number of pyridine rings is 1. The molecule has 4 atom stereocenters. The number of ketones is 1. The molecule has 1 N–H and O–H groups in total. The van der Waals surface area contributed by atoms with Crippen LogP contribution in [-0.4, -0.2) is 78.3 Å². The van der Waals surface area contributed by atoms with Gasteiger partial charge in [-0.25, -0.2) is 0 Å². The average molecular weight is 544 g/mol. The van der Waals surface area contributed by atoms with Gasteiger partial charge in [-0.05, 0) is 40.8 Å². The summed E-state index contributed by atoms with van der Waals surface area (Å²) in [6, 6.07) is 14.6. The van der Waals surface area contributed by atoms with E-state index in [1.54, 1.807) is 58.6 Å². The zero-order valence-electron chi connectivity index (χ0n) is 21.5. The second-order valence-electron chi connectivity index (χ2n) is 9.61. The molecule has 200 valence electrons. The van der Waals surface area contributed by atoms with E-state index in [2.05, 4.69) is 16.4 Å². The number of rotatable bonds is 7. The van der Waals surface area contributed by atoms with Crippen molar-refractivity contribution in [3.63, 3.8) is 0 Å². The van der Waals surface area contributed by atoms with Gasteiger partial charge in [-0.15, -0.1) is 11.3 Å². The summed E-state index contributed by atoms with van der Waals surface area (Å²) in [5, 5.41) is 14.5. The minimum Gasteiger partial charge on any atom is -0.375 e. The highest BCUT2D eigenvalue weighted by Gasteiger charge is 2.58. The zero-order chi connectivity index (χ0) is 27.4. The molecular weight excluding hydrogens is 514 g/mol. The number of nitrogens with one attached hydrogen (secondary N) is 1. The standard InChI is InChI=1S/C29H29N5O4S/c1-38-18-23(35)34-26(21-4-2-10-32-17-21)25(28(36)22-5-3-15-39-22)24(20-8-6-19(16-30)7-9-20)27(34)29(37)33-13-11-31-12-14-33/h2-10,15,17,24-27,31H,11-14,18H2,1H3. The number of Topliss-reactive ketones (excluding diaryl/α,β-unsaturated/α-hetero) is 1. The van der Waals surface area contributed by atoms with E-state index < -0.39 is 23.9 Å². The molecule has 0 saturated carbocycles. The Balaban J connectivity index is 1.73. The number of ether oxygens (including phenoxy) is 1. The number of piperazine rings is 1. The van der Waals surface area contributed by atoms with Gasteiger partial charge in [-0.3, -0.25) is 19.4 Å². The normalized spacial score (nSPS) is 22.9. The van der Waals surface area contributed by atoms with Crippen LogP contribution in [0.5, 0.6) is 0 Å². The van der Waals surface area contributed by atoms with Crippen LogP contribution in [0.15, 0.2) is 66.3 Å². The van der Waals surface area contributed by atoms with Crippen molar-refractivity contribution in [3.8, 4) is 6.07 Å². The van der Waals surface area contributed by atoms with Crippen molar-refractivity contribution < 1.29 is 19.1 Å². The Hall–Kier alpha value is -3.91. The second-order valence-corrected chi connectivity index (χ2v) is 10.6. The van der Waals surface area contributed by atoms with Crippen molar-refractivity contribution in [1.82, 2.24) is 20.1 Å². The number of thiophene rings is 1. The third-order valence-corrected chi connectivity index (χ3v) is 8.31. The quantitative estimate of drug-likeness (QED) is 0.456. The van der Waals surface area contributed by atoms with Crippen LogP contribution in [0.3, 0.4) is 0 Å². The maximum Gasteiger partial charge on any atom is 0.249 e. The van der Waals surface area contributed by atoms with Gasteiger partial charge in [0.25, 0.3) is 0 Å². The molecule has 2 amide bonds. The summed E-state index contributed by atoms with van der Waals surface area (Å²) in [6.07, 6.45) is 3.29. The SMILES string of the molecule is COCC(=O)N1C(C(=O)N2CCNCC2)C(c2ccc(C#N)cc2)C(C(=O)c2cccs2)C1c1cccnc1. The molecule has 4 unspecified atom stereocenters. The van der Waals surface area contributed by atoms with E-state index in [0.29, 0.717) is 42.2 Å². The van der Waals surface area contributed by atoms with Crippen molar-refractivity contribution in [2.24, 2.45) is 5.92 Å². The van der Waals surface area contributed by atoms with Gasteiger partial charge in [0.15, 0.2) is 5.78 Å². The summed E-state index contributed by atoms with van der Waals surface area (Å²) in [5.41, 5.74) is 1.86. The van der Waals surface area contributed by atoms with Crippen LogP contribution in [0.1, 0.15) is 38.3 Å². The molecule has 5 rings (SSSR count). The van der Waals surface area contributed by atoms with Crippen molar-refractivity contribution in [3.05, 3.63) is 87.9 Å². The van der Waals surface area contributed by atoms with Gasteiger partial charge in [0, 0.05) is 51.6 Å². The number of carbonyl (C=O) groups excluding carboxylic acids is 3. The molecule has 2 fully saturated rings. The molecule has 9 nitrogen and oxygen atoms in total. The number of carbonyl (C=O) groups is 3. The first-order valence-corrected chi connectivity index (χ1v) is 13.7. The summed E-state index contributed by atoms with van der Waals surface area (Å²) >= 11 is 1.34. The van der Waals surface area contributed by atoms with Crippen LogP contribution in [0.4, 0.5) is 0 Å². The highest BCUT2D eigenvalue weighted by molar-refractivity contribution is 7.12. The maximum absolute atomic E-state index is 14.3. The molecule has 0 spiro atoms. The molecule has 4 heterocycles. The minimum absolute atomic E-state index is 0.140. The number of likely N-dealkylation sites (tertiary alicyclic amines) is 1. The number of methoxy groups -OCH3 is 1. The predicted octanol–water partition coefficient (Wildman–Crippen LogP) is 2.63. The van der Waals surface area contributed by atoms with Crippen LogP contribution in [0, 0.1) is 17.2 Å². The summed E-state index contributed by atoms with van der Waals surface area (Å²) in [4.78, 5) is 50.6. The molecule has 10 heteroatoms. The second kappa shape index (κ2) is 11.9. The van der Waals surface area contributed by atoms with Gasteiger partial charge in [-0.1, -0.05) is 24.3 Å². The molecule has 3 aromatic rings. The van der Waals surface area contributed by atoms with Crippen LogP contribution in [0.25, 0.3) is 0 Å². The van der Waals surface area contributed by atoms with Gasteiger partial charge < -0.3 is 19.9 Å². The highest BCUT2D eigenvalue weighted by Crippen LogP contribution is 2.52. The first kappa shape index (κ1) is 26.7. The Kier molecular flexibility index (Phi) is 8.12. The van der Waals surface area contributed by atoms with E-state index in [1.165, 1.54) is 18.4 Å². The third kappa shape index (κ3) is 5.21. The predicted molar refractivity (Wildman–Crippen MR) is 145 cm³/mol. The first-order valence-electron chi connectivity index (χ1n) is 12.8. The van der Waals surface area contributed by atoms with Crippen LogP contribution < -0.4 is 5.32 Å². The van der Waals surface area contributed by atoms with E-state index in [4.69, 9.17) is 4.74 Å². The Labute approximate surface area is 231 Å². The number of aromatic nitrogens is 1. The summed E-state index contributed by atoms with van der Waals surface area (Å²) in [5.74, 6) is -2.14. The Morgan fingerprint density at radius 2 is 1.87 bits per heavy atom. The number of amides is 2. The summed E-state index contributed by atoms with van der Waals surface area (Å²) < 4.78 is 5.25.